The van der Waals surface area contributed by atoms with Gasteiger partial charge in [0.2, 0.25) is 0 Å². The van der Waals surface area contributed by atoms with Crippen LogP contribution in [0.2, 0.25) is 0 Å². The van der Waals surface area contributed by atoms with E-state index in [9.17, 15) is 9.90 Å². The van der Waals surface area contributed by atoms with Crippen LogP contribution < -0.4 is 10.6 Å². The third kappa shape index (κ3) is 3.12. The van der Waals surface area contributed by atoms with Crippen molar-refractivity contribution < 1.29 is 9.90 Å². The quantitative estimate of drug-likeness (QED) is 0.914. The van der Waals surface area contributed by atoms with E-state index in [1.165, 1.54) is 0 Å². The van der Waals surface area contributed by atoms with Gasteiger partial charge in [0.15, 0.2) is 0 Å². The Hall–Kier alpha value is -2.59. The summed E-state index contributed by atoms with van der Waals surface area (Å²) in [5.74, 6) is -0.844. The monoisotopic (exact) mass is 308 g/mol. The first-order valence-electron chi connectivity index (χ1n) is 7.67. The summed E-state index contributed by atoms with van der Waals surface area (Å²) in [5, 5.41) is 9.32. The highest BCUT2D eigenvalue weighted by molar-refractivity contribution is 5.94. The Morgan fingerprint density at radius 2 is 1.87 bits per heavy atom. The van der Waals surface area contributed by atoms with Gasteiger partial charge in [-0.25, -0.2) is 4.79 Å². The third-order valence-corrected chi connectivity index (χ3v) is 4.28. The molecular weight excluding hydrogens is 288 g/mol. The molecule has 4 nitrogen and oxygen atoms in total. The maximum Gasteiger partial charge on any atom is 0.331 e. The summed E-state index contributed by atoms with van der Waals surface area (Å²) in [7, 11) is 1.99. The fourth-order valence-electron chi connectivity index (χ4n) is 2.87. The Morgan fingerprint density at radius 1 is 1.17 bits per heavy atom. The van der Waals surface area contributed by atoms with Crippen LogP contribution in [0.5, 0.6) is 0 Å². The number of carbonyl (C=O) groups is 1. The maximum absolute atomic E-state index is 11.4. The third-order valence-electron chi connectivity index (χ3n) is 4.28. The fourth-order valence-corrected chi connectivity index (χ4v) is 2.87. The topological polar surface area (TPSA) is 66.6 Å². The summed E-state index contributed by atoms with van der Waals surface area (Å²) in [6, 6.07) is 14.3. The summed E-state index contributed by atoms with van der Waals surface area (Å²) in [6.07, 6.45) is 2.33. The predicted molar refractivity (Wildman–Crippen MR) is 93.3 cm³/mol. The number of aliphatic carboxylic acids is 1. The Balaban J connectivity index is 2.05. The molecule has 0 atom stereocenters. The Bertz CT molecular complexity index is 763. The molecule has 1 aliphatic heterocycles. The molecule has 0 fully saturated rings. The molecule has 0 bridgehead atoms. The van der Waals surface area contributed by atoms with E-state index >= 15 is 0 Å². The Labute approximate surface area is 135 Å². The van der Waals surface area contributed by atoms with Crippen molar-refractivity contribution in [2.45, 2.75) is 13.0 Å². The lowest BCUT2D eigenvalue weighted by Gasteiger charge is -2.19. The standard InChI is InChI=1S/C19H20N2O2/c1-21-9-8-16(19(22)23)11-17-10-15(6-7-18(17)21)14-4-2-13(12-20)3-5-14/h2-7,10-11H,8-9,12,20H2,1H3,(H,22,23). The SMILES string of the molecule is CN1CCC(C(=O)O)=Cc2cc(-c3ccc(CN)cc3)ccc21. The van der Waals surface area contributed by atoms with Gasteiger partial charge in [0.1, 0.15) is 0 Å². The number of nitrogens with zero attached hydrogens (tertiary/aromatic N) is 1. The zero-order chi connectivity index (χ0) is 16.4. The number of anilines is 1. The molecule has 2 aromatic carbocycles. The van der Waals surface area contributed by atoms with Crippen molar-refractivity contribution in [3.05, 3.63) is 59.2 Å². The summed E-state index contributed by atoms with van der Waals surface area (Å²) in [5.41, 5.74) is 11.4. The van der Waals surface area contributed by atoms with E-state index in [1.54, 1.807) is 6.08 Å². The van der Waals surface area contributed by atoms with Gasteiger partial charge in [-0.2, -0.15) is 0 Å². The molecule has 3 N–H and O–H groups in total. The molecule has 0 aliphatic carbocycles. The van der Waals surface area contributed by atoms with Gasteiger partial charge in [-0.1, -0.05) is 30.3 Å². The van der Waals surface area contributed by atoms with Crippen LogP contribution in [0.25, 0.3) is 17.2 Å². The van der Waals surface area contributed by atoms with Crippen molar-refractivity contribution >= 4 is 17.7 Å². The van der Waals surface area contributed by atoms with Gasteiger partial charge in [-0.05, 0) is 46.9 Å². The first-order chi connectivity index (χ1) is 11.1. The van der Waals surface area contributed by atoms with E-state index < -0.39 is 5.97 Å². The van der Waals surface area contributed by atoms with E-state index in [1.807, 2.05) is 31.3 Å². The number of fused-ring (bicyclic) bond motifs is 1. The van der Waals surface area contributed by atoms with Crippen LogP contribution in [0.15, 0.2) is 48.0 Å². The van der Waals surface area contributed by atoms with Crippen molar-refractivity contribution in [3.63, 3.8) is 0 Å². The highest BCUT2D eigenvalue weighted by atomic mass is 16.4. The van der Waals surface area contributed by atoms with Crippen LogP contribution in [0.3, 0.4) is 0 Å². The summed E-state index contributed by atoms with van der Waals surface area (Å²) >= 11 is 0. The molecule has 23 heavy (non-hydrogen) atoms. The zero-order valence-electron chi connectivity index (χ0n) is 13.1. The zero-order valence-corrected chi connectivity index (χ0v) is 13.1. The molecule has 4 heteroatoms. The molecule has 0 radical (unpaired) electrons. The summed E-state index contributed by atoms with van der Waals surface area (Å²) < 4.78 is 0. The molecule has 0 aromatic heterocycles. The van der Waals surface area contributed by atoms with Crippen molar-refractivity contribution in [1.29, 1.82) is 0 Å². The first-order valence-corrected chi connectivity index (χ1v) is 7.67. The average Bonchev–Trinajstić information content (AvgIpc) is 2.74. The molecule has 3 rings (SSSR count). The van der Waals surface area contributed by atoms with Crippen molar-refractivity contribution in [2.75, 3.05) is 18.5 Å². The minimum Gasteiger partial charge on any atom is -0.478 e. The molecule has 1 aliphatic rings. The molecule has 0 saturated carbocycles. The molecule has 118 valence electrons. The van der Waals surface area contributed by atoms with Crippen molar-refractivity contribution in [1.82, 2.24) is 0 Å². The molecule has 0 spiro atoms. The Morgan fingerprint density at radius 3 is 2.52 bits per heavy atom. The smallest absolute Gasteiger partial charge is 0.331 e. The van der Waals surface area contributed by atoms with Gasteiger partial charge < -0.3 is 15.7 Å². The van der Waals surface area contributed by atoms with Crippen LogP contribution in [-0.4, -0.2) is 24.7 Å². The van der Waals surface area contributed by atoms with E-state index in [-0.39, 0.29) is 0 Å². The van der Waals surface area contributed by atoms with E-state index in [0.29, 0.717) is 25.1 Å². The van der Waals surface area contributed by atoms with Crippen LogP contribution in [0, 0.1) is 0 Å². The number of hydrogen-bond donors (Lipinski definition) is 2. The fraction of sp³-hybridized carbons (Fsp3) is 0.211. The highest BCUT2D eigenvalue weighted by Crippen LogP contribution is 2.31. The normalized spacial score (nSPS) is 14.0. The second kappa shape index (κ2) is 6.26. The summed E-state index contributed by atoms with van der Waals surface area (Å²) in [4.78, 5) is 13.5. The largest absolute Gasteiger partial charge is 0.478 e. The number of nitrogens with two attached hydrogens (primary N) is 1. The van der Waals surface area contributed by atoms with E-state index in [2.05, 4.69) is 23.1 Å². The minimum atomic E-state index is -0.844. The van der Waals surface area contributed by atoms with E-state index in [0.717, 1.165) is 27.9 Å². The predicted octanol–water partition coefficient (Wildman–Crippen LogP) is 3.12. The molecule has 0 amide bonds. The van der Waals surface area contributed by atoms with Gasteiger partial charge in [0.25, 0.3) is 0 Å². The van der Waals surface area contributed by atoms with Crippen LogP contribution >= 0.6 is 0 Å². The van der Waals surface area contributed by atoms with Gasteiger partial charge in [0, 0.05) is 31.4 Å². The lowest BCUT2D eigenvalue weighted by Crippen LogP contribution is -2.19. The highest BCUT2D eigenvalue weighted by Gasteiger charge is 2.17. The number of rotatable bonds is 3. The second-order valence-electron chi connectivity index (χ2n) is 5.82. The van der Waals surface area contributed by atoms with Crippen molar-refractivity contribution in [3.8, 4) is 11.1 Å². The number of carboxylic acid groups (broad SMARTS) is 1. The van der Waals surface area contributed by atoms with Gasteiger partial charge in [0.05, 0.1) is 0 Å². The lowest BCUT2D eigenvalue weighted by atomic mass is 9.99. The number of benzene rings is 2. The van der Waals surface area contributed by atoms with Gasteiger partial charge in [-0.15, -0.1) is 0 Å². The lowest BCUT2D eigenvalue weighted by molar-refractivity contribution is -0.132. The number of carboxylic acids is 1. The number of hydrogen-bond acceptors (Lipinski definition) is 3. The molecule has 2 aromatic rings. The second-order valence-corrected chi connectivity index (χ2v) is 5.82. The Kier molecular flexibility index (Phi) is 4.17. The molecule has 1 heterocycles. The average molecular weight is 308 g/mol. The maximum atomic E-state index is 11.4. The summed E-state index contributed by atoms with van der Waals surface area (Å²) in [6.45, 7) is 1.23. The molecular formula is C19H20N2O2. The molecule has 0 saturated heterocycles. The van der Waals surface area contributed by atoms with Gasteiger partial charge in [-0.3, -0.25) is 0 Å². The van der Waals surface area contributed by atoms with Crippen LogP contribution in [-0.2, 0) is 11.3 Å². The molecule has 0 unspecified atom stereocenters. The van der Waals surface area contributed by atoms with Gasteiger partial charge >= 0.3 is 5.97 Å². The van der Waals surface area contributed by atoms with Crippen LogP contribution in [0.4, 0.5) is 5.69 Å². The van der Waals surface area contributed by atoms with Crippen molar-refractivity contribution in [2.24, 2.45) is 5.73 Å². The van der Waals surface area contributed by atoms with Crippen LogP contribution in [0.1, 0.15) is 17.5 Å². The van der Waals surface area contributed by atoms with E-state index in [4.69, 9.17) is 5.73 Å². The first kappa shape index (κ1) is 15.3. The minimum absolute atomic E-state index is 0.450.